The summed E-state index contributed by atoms with van der Waals surface area (Å²) in [5.41, 5.74) is 0.898. The Bertz CT molecular complexity index is 961. The molecule has 0 fully saturated rings. The van der Waals surface area contributed by atoms with Gasteiger partial charge in [-0.15, -0.1) is 0 Å². The second-order valence-electron chi connectivity index (χ2n) is 5.78. The van der Waals surface area contributed by atoms with Gasteiger partial charge in [-0.1, -0.05) is 29.3 Å². The number of esters is 1. The van der Waals surface area contributed by atoms with Gasteiger partial charge in [-0.2, -0.15) is 0 Å². The zero-order valence-electron chi connectivity index (χ0n) is 14.9. The molecule has 27 heavy (non-hydrogen) atoms. The predicted molar refractivity (Wildman–Crippen MR) is 108 cm³/mol. The van der Waals surface area contributed by atoms with E-state index in [1.807, 2.05) is 42.3 Å². The molecule has 0 aliphatic carbocycles. The Morgan fingerprint density at radius 3 is 2.56 bits per heavy atom. The van der Waals surface area contributed by atoms with Crippen molar-refractivity contribution in [3.8, 4) is 5.75 Å². The molecule has 0 amide bonds. The Morgan fingerprint density at radius 2 is 1.85 bits per heavy atom. The van der Waals surface area contributed by atoms with Gasteiger partial charge in [0, 0.05) is 23.1 Å². The van der Waals surface area contributed by atoms with Gasteiger partial charge in [-0.3, -0.25) is 0 Å². The molecule has 2 aromatic carbocycles. The normalized spacial score (nSPS) is 10.7. The molecule has 1 aromatic heterocycles. The molecular weight excluding hydrogens is 387 g/mol. The Hall–Kier alpha value is -2.50. The second kappa shape index (κ2) is 8.46. The fourth-order valence-electron chi connectivity index (χ4n) is 2.58. The second-order valence-corrected chi connectivity index (χ2v) is 6.58. The summed E-state index contributed by atoms with van der Waals surface area (Å²) in [7, 11) is 1.90. The third-order valence-corrected chi connectivity index (χ3v) is 4.49. The Balaban J connectivity index is 1.77. The maximum Gasteiger partial charge on any atom is 0.344 e. The van der Waals surface area contributed by atoms with E-state index in [1.165, 1.54) is 0 Å². The SMILES string of the molecule is CCOC(=O)COc1ccc(N(C)c2cc3ccc(Cl)cc3c(Cl)n2)cc1. The van der Waals surface area contributed by atoms with Crippen LogP contribution in [0, 0.1) is 0 Å². The van der Waals surface area contributed by atoms with Gasteiger partial charge in [-0.25, -0.2) is 9.78 Å². The monoisotopic (exact) mass is 404 g/mol. The Kier molecular flexibility index (Phi) is 6.04. The van der Waals surface area contributed by atoms with Crippen molar-refractivity contribution < 1.29 is 14.3 Å². The maximum atomic E-state index is 11.4. The molecule has 0 atom stereocenters. The number of rotatable bonds is 6. The van der Waals surface area contributed by atoms with Gasteiger partial charge < -0.3 is 14.4 Å². The molecule has 0 saturated heterocycles. The quantitative estimate of drug-likeness (QED) is 0.414. The van der Waals surface area contributed by atoms with E-state index in [1.54, 1.807) is 25.1 Å². The van der Waals surface area contributed by atoms with Crippen LogP contribution in [0.15, 0.2) is 48.5 Å². The highest BCUT2D eigenvalue weighted by Crippen LogP contribution is 2.31. The number of carbonyl (C=O) groups excluding carboxylic acids is 1. The van der Waals surface area contributed by atoms with Gasteiger partial charge in [-0.05, 0) is 54.8 Å². The Morgan fingerprint density at radius 1 is 1.11 bits per heavy atom. The molecule has 0 aliphatic rings. The van der Waals surface area contributed by atoms with E-state index in [-0.39, 0.29) is 6.61 Å². The molecule has 0 saturated carbocycles. The number of nitrogens with zero attached hydrogens (tertiary/aromatic N) is 2. The number of hydrogen-bond donors (Lipinski definition) is 0. The minimum absolute atomic E-state index is 0.118. The van der Waals surface area contributed by atoms with Gasteiger partial charge in [0.05, 0.1) is 6.61 Å². The van der Waals surface area contributed by atoms with Crippen molar-refractivity contribution >= 4 is 51.4 Å². The highest BCUT2D eigenvalue weighted by molar-refractivity contribution is 6.36. The van der Waals surface area contributed by atoms with E-state index in [0.29, 0.717) is 28.3 Å². The molecule has 0 radical (unpaired) electrons. The lowest BCUT2D eigenvalue weighted by Gasteiger charge is -2.19. The first-order chi connectivity index (χ1) is 13.0. The average Bonchev–Trinajstić information content (AvgIpc) is 2.67. The zero-order chi connectivity index (χ0) is 19.4. The molecule has 3 aromatic rings. The summed E-state index contributed by atoms with van der Waals surface area (Å²) in [5, 5.41) is 2.77. The van der Waals surface area contributed by atoms with E-state index < -0.39 is 5.97 Å². The van der Waals surface area contributed by atoms with E-state index in [9.17, 15) is 4.79 Å². The van der Waals surface area contributed by atoms with Crippen molar-refractivity contribution in [3.63, 3.8) is 0 Å². The van der Waals surface area contributed by atoms with Crippen LogP contribution in [-0.2, 0) is 9.53 Å². The first kappa shape index (κ1) is 19.3. The molecule has 140 valence electrons. The van der Waals surface area contributed by atoms with E-state index in [2.05, 4.69) is 4.98 Å². The summed E-state index contributed by atoms with van der Waals surface area (Å²) in [5.74, 6) is 0.892. The molecule has 0 aliphatic heterocycles. The number of halogens is 2. The molecule has 7 heteroatoms. The van der Waals surface area contributed by atoms with Crippen LogP contribution in [0.2, 0.25) is 10.2 Å². The van der Waals surface area contributed by atoms with Crippen LogP contribution in [-0.4, -0.2) is 31.2 Å². The smallest absolute Gasteiger partial charge is 0.344 e. The highest BCUT2D eigenvalue weighted by atomic mass is 35.5. The summed E-state index contributed by atoms with van der Waals surface area (Å²) < 4.78 is 10.2. The number of fused-ring (bicyclic) bond motifs is 1. The zero-order valence-corrected chi connectivity index (χ0v) is 16.4. The Labute approximate surface area is 167 Å². The van der Waals surface area contributed by atoms with Crippen LogP contribution in [0.3, 0.4) is 0 Å². The van der Waals surface area contributed by atoms with Crippen molar-refractivity contribution in [2.24, 2.45) is 0 Å². The van der Waals surface area contributed by atoms with Gasteiger partial charge in [0.2, 0.25) is 0 Å². The largest absolute Gasteiger partial charge is 0.482 e. The number of pyridine rings is 1. The molecule has 5 nitrogen and oxygen atoms in total. The number of ether oxygens (including phenoxy) is 2. The van der Waals surface area contributed by atoms with Crippen molar-refractivity contribution in [1.29, 1.82) is 0 Å². The first-order valence-corrected chi connectivity index (χ1v) is 9.11. The van der Waals surface area contributed by atoms with Crippen LogP contribution in [0.4, 0.5) is 11.5 Å². The fourth-order valence-corrected chi connectivity index (χ4v) is 3.00. The van der Waals surface area contributed by atoms with Crippen molar-refractivity contribution in [2.45, 2.75) is 6.92 Å². The average molecular weight is 405 g/mol. The number of anilines is 2. The van der Waals surface area contributed by atoms with Crippen LogP contribution < -0.4 is 9.64 Å². The molecule has 0 spiro atoms. The topological polar surface area (TPSA) is 51.7 Å². The van der Waals surface area contributed by atoms with Crippen LogP contribution in [0.25, 0.3) is 10.8 Å². The molecule has 1 heterocycles. The van der Waals surface area contributed by atoms with Crippen LogP contribution in [0.5, 0.6) is 5.75 Å². The summed E-state index contributed by atoms with van der Waals surface area (Å²) in [6.07, 6.45) is 0. The van der Waals surface area contributed by atoms with Gasteiger partial charge in [0.15, 0.2) is 6.61 Å². The third-order valence-electron chi connectivity index (χ3n) is 3.96. The molecule has 3 rings (SSSR count). The number of hydrogen-bond acceptors (Lipinski definition) is 5. The van der Waals surface area contributed by atoms with Crippen molar-refractivity contribution in [2.75, 3.05) is 25.2 Å². The minimum atomic E-state index is -0.395. The fraction of sp³-hybridized carbons (Fsp3) is 0.200. The van der Waals surface area contributed by atoms with Crippen molar-refractivity contribution in [3.05, 3.63) is 58.7 Å². The van der Waals surface area contributed by atoms with Gasteiger partial charge in [0.1, 0.15) is 16.7 Å². The lowest BCUT2D eigenvalue weighted by atomic mass is 10.1. The highest BCUT2D eigenvalue weighted by Gasteiger charge is 2.11. The first-order valence-electron chi connectivity index (χ1n) is 8.36. The number of aromatic nitrogens is 1. The van der Waals surface area contributed by atoms with E-state index >= 15 is 0 Å². The lowest BCUT2D eigenvalue weighted by molar-refractivity contribution is -0.145. The summed E-state index contributed by atoms with van der Waals surface area (Å²) in [4.78, 5) is 17.7. The molecule has 0 N–H and O–H groups in total. The maximum absolute atomic E-state index is 11.4. The lowest BCUT2D eigenvalue weighted by Crippen LogP contribution is -2.14. The van der Waals surface area contributed by atoms with Crippen LogP contribution in [0.1, 0.15) is 6.92 Å². The number of carbonyl (C=O) groups is 1. The summed E-state index contributed by atoms with van der Waals surface area (Å²) in [6.45, 7) is 1.97. The minimum Gasteiger partial charge on any atom is -0.482 e. The standard InChI is InChI=1S/C20H18Cl2N2O3/c1-3-26-19(25)12-27-16-8-6-15(7-9-16)24(2)18-10-13-4-5-14(21)11-17(13)20(22)23-18/h4-11H,3,12H2,1-2H3. The van der Waals surface area contributed by atoms with Crippen molar-refractivity contribution in [1.82, 2.24) is 4.98 Å². The third kappa shape index (κ3) is 4.62. The van der Waals surface area contributed by atoms with E-state index in [4.69, 9.17) is 32.7 Å². The number of benzene rings is 2. The molecular formula is C20H18Cl2N2O3. The van der Waals surface area contributed by atoms with Gasteiger partial charge in [0.25, 0.3) is 0 Å². The summed E-state index contributed by atoms with van der Waals surface area (Å²) in [6, 6.07) is 14.8. The predicted octanol–water partition coefficient (Wildman–Crippen LogP) is 5.25. The molecule has 0 unspecified atom stereocenters. The van der Waals surface area contributed by atoms with E-state index in [0.717, 1.165) is 16.5 Å². The van der Waals surface area contributed by atoms with Gasteiger partial charge >= 0.3 is 5.97 Å². The molecule has 0 bridgehead atoms. The summed E-state index contributed by atoms with van der Waals surface area (Å²) >= 11 is 12.4. The van der Waals surface area contributed by atoms with Crippen LogP contribution >= 0.6 is 23.2 Å².